The first kappa shape index (κ1) is 13.2. The predicted octanol–water partition coefficient (Wildman–Crippen LogP) is -0.399. The third kappa shape index (κ3) is 2.83. The van der Waals surface area contributed by atoms with Gasteiger partial charge in [0.25, 0.3) is 0 Å². The van der Waals surface area contributed by atoms with Crippen molar-refractivity contribution in [3.05, 3.63) is 29.3 Å². The Balaban J connectivity index is 3.00. The fourth-order valence-corrected chi connectivity index (χ4v) is 1.13. The van der Waals surface area contributed by atoms with E-state index in [2.05, 4.69) is 9.72 Å². The van der Waals surface area contributed by atoms with Gasteiger partial charge in [-0.25, -0.2) is 9.18 Å². The molecular formula is C10H10FNO5. The molecule has 2 N–H and O–H groups in total. The number of carbonyl (C=O) groups excluding carboxylic acids is 2. The molecule has 0 aromatic carbocycles. The van der Waals surface area contributed by atoms with Crippen LogP contribution in [0.4, 0.5) is 4.39 Å². The highest BCUT2D eigenvalue weighted by Crippen LogP contribution is 2.17. The molecule has 1 aromatic rings. The van der Waals surface area contributed by atoms with Crippen molar-refractivity contribution in [3.8, 4) is 0 Å². The maximum Gasteiger partial charge on any atom is 0.337 e. The molecule has 2 unspecified atom stereocenters. The van der Waals surface area contributed by atoms with E-state index in [0.717, 1.165) is 13.2 Å². The highest BCUT2D eigenvalue weighted by Gasteiger charge is 2.28. The minimum Gasteiger partial charge on any atom is -0.467 e. The summed E-state index contributed by atoms with van der Waals surface area (Å²) in [5.41, 5.74) is -0.530. The summed E-state index contributed by atoms with van der Waals surface area (Å²) in [6.07, 6.45) is -2.59. The zero-order valence-electron chi connectivity index (χ0n) is 8.83. The van der Waals surface area contributed by atoms with Crippen LogP contribution in [0.3, 0.4) is 0 Å². The van der Waals surface area contributed by atoms with Gasteiger partial charge in [0.15, 0.2) is 18.2 Å². The van der Waals surface area contributed by atoms with E-state index < -0.39 is 24.0 Å². The maximum absolute atomic E-state index is 12.9. The molecule has 0 saturated heterocycles. The summed E-state index contributed by atoms with van der Waals surface area (Å²) >= 11 is 0. The van der Waals surface area contributed by atoms with E-state index in [4.69, 9.17) is 0 Å². The van der Waals surface area contributed by atoms with Gasteiger partial charge in [0.1, 0.15) is 6.10 Å². The topological polar surface area (TPSA) is 96.7 Å². The first-order valence-corrected chi connectivity index (χ1v) is 4.55. The van der Waals surface area contributed by atoms with Crippen molar-refractivity contribution in [2.75, 3.05) is 7.11 Å². The molecule has 0 aliphatic heterocycles. The van der Waals surface area contributed by atoms with Gasteiger partial charge in [-0.3, -0.25) is 9.78 Å². The average molecular weight is 243 g/mol. The normalized spacial score (nSPS) is 13.9. The number of aromatic nitrogens is 1. The highest BCUT2D eigenvalue weighted by molar-refractivity contribution is 5.76. The van der Waals surface area contributed by atoms with Crippen molar-refractivity contribution >= 4 is 12.3 Å². The number of aliphatic hydroxyl groups is 2. The molecule has 17 heavy (non-hydrogen) atoms. The number of hydrogen-bond acceptors (Lipinski definition) is 6. The van der Waals surface area contributed by atoms with E-state index in [0.29, 0.717) is 6.20 Å². The molecule has 0 radical (unpaired) electrons. The van der Waals surface area contributed by atoms with Crippen LogP contribution in [-0.4, -0.2) is 40.7 Å². The molecule has 1 heterocycles. The van der Waals surface area contributed by atoms with Gasteiger partial charge in [-0.15, -0.1) is 0 Å². The van der Waals surface area contributed by atoms with Crippen molar-refractivity contribution < 1.29 is 28.9 Å². The molecule has 0 aliphatic rings. The largest absolute Gasteiger partial charge is 0.467 e. The zero-order chi connectivity index (χ0) is 13.0. The van der Waals surface area contributed by atoms with Gasteiger partial charge in [-0.05, 0) is 6.07 Å². The van der Waals surface area contributed by atoms with E-state index in [-0.39, 0.29) is 17.5 Å². The van der Waals surface area contributed by atoms with Crippen LogP contribution in [0.1, 0.15) is 22.2 Å². The Labute approximate surface area is 95.7 Å². The molecule has 1 aromatic heterocycles. The Morgan fingerprint density at radius 1 is 1.59 bits per heavy atom. The molecule has 0 fully saturated rings. The van der Waals surface area contributed by atoms with Gasteiger partial charge in [0, 0.05) is 0 Å². The van der Waals surface area contributed by atoms with Crippen LogP contribution < -0.4 is 0 Å². The molecule has 7 heteroatoms. The Morgan fingerprint density at radius 3 is 2.76 bits per heavy atom. The van der Waals surface area contributed by atoms with Crippen molar-refractivity contribution in [3.63, 3.8) is 0 Å². The average Bonchev–Trinajstić information content (AvgIpc) is 2.36. The Morgan fingerprint density at radius 2 is 2.24 bits per heavy atom. The molecule has 0 bridgehead atoms. The minimum atomic E-state index is -1.85. The molecular weight excluding hydrogens is 233 g/mol. The van der Waals surface area contributed by atoms with Crippen LogP contribution >= 0.6 is 0 Å². The number of rotatable bonds is 4. The summed E-state index contributed by atoms with van der Waals surface area (Å²) in [6.45, 7) is 0. The van der Waals surface area contributed by atoms with E-state index in [1.54, 1.807) is 0 Å². The maximum atomic E-state index is 12.9. The second kappa shape index (κ2) is 5.46. The molecule has 2 atom stereocenters. The quantitative estimate of drug-likeness (QED) is 0.551. The second-order valence-corrected chi connectivity index (χ2v) is 3.16. The van der Waals surface area contributed by atoms with Gasteiger partial charge in [0.05, 0.1) is 24.6 Å². The number of hydrogen-bond donors (Lipinski definition) is 2. The Hall–Kier alpha value is -1.86. The van der Waals surface area contributed by atoms with Gasteiger partial charge in [-0.2, -0.15) is 0 Å². The number of aliphatic hydroxyl groups excluding tert-OH is 2. The lowest BCUT2D eigenvalue weighted by atomic mass is 10.1. The number of methoxy groups -OCH3 is 1. The number of ether oxygens (including phenoxy) is 1. The lowest BCUT2D eigenvalue weighted by Crippen LogP contribution is -2.29. The van der Waals surface area contributed by atoms with Gasteiger partial charge in [0.2, 0.25) is 0 Å². The van der Waals surface area contributed by atoms with Crippen LogP contribution in [0.5, 0.6) is 0 Å². The van der Waals surface area contributed by atoms with Crippen LogP contribution in [0, 0.1) is 5.82 Å². The third-order valence-electron chi connectivity index (χ3n) is 2.08. The summed E-state index contributed by atoms with van der Waals surface area (Å²) in [5, 5.41) is 18.9. The molecule has 1 rings (SSSR count). The zero-order valence-corrected chi connectivity index (χ0v) is 8.83. The lowest BCUT2D eigenvalue weighted by molar-refractivity contribution is -0.157. The molecule has 0 aliphatic carbocycles. The van der Waals surface area contributed by atoms with Gasteiger partial charge < -0.3 is 14.9 Å². The number of nitrogens with zero attached hydrogens (tertiary/aromatic N) is 1. The fourth-order valence-electron chi connectivity index (χ4n) is 1.13. The summed E-state index contributed by atoms with van der Waals surface area (Å²) in [7, 11) is 1.03. The predicted molar refractivity (Wildman–Crippen MR) is 52.6 cm³/mol. The van der Waals surface area contributed by atoms with E-state index in [1.807, 2.05) is 0 Å². The fraction of sp³-hybridized carbons (Fsp3) is 0.300. The molecule has 0 amide bonds. The standard InChI is InChI=1S/C10H10FNO5/c1-17-10(16)9(15)8(14)7-2-5(4-13)6(11)3-12-7/h2-4,8-9,14-15H,1H3. The SMILES string of the molecule is COC(=O)C(O)C(O)c1cc(C=O)c(F)cn1. The number of halogens is 1. The van der Waals surface area contributed by atoms with Crippen molar-refractivity contribution in [2.24, 2.45) is 0 Å². The van der Waals surface area contributed by atoms with Crippen molar-refractivity contribution in [2.45, 2.75) is 12.2 Å². The van der Waals surface area contributed by atoms with E-state index in [1.165, 1.54) is 0 Å². The van der Waals surface area contributed by atoms with Crippen LogP contribution in [0.25, 0.3) is 0 Å². The van der Waals surface area contributed by atoms with Gasteiger partial charge >= 0.3 is 5.97 Å². The Bertz CT molecular complexity index is 437. The summed E-state index contributed by atoms with van der Waals surface area (Å²) in [6, 6.07) is 0.944. The minimum absolute atomic E-state index is 0.202. The number of aldehydes is 1. The summed E-state index contributed by atoms with van der Waals surface area (Å²) in [4.78, 5) is 24.9. The lowest BCUT2D eigenvalue weighted by Gasteiger charge is -2.15. The van der Waals surface area contributed by atoms with Crippen molar-refractivity contribution in [1.82, 2.24) is 4.98 Å². The van der Waals surface area contributed by atoms with Crippen LogP contribution in [0.2, 0.25) is 0 Å². The number of esters is 1. The molecule has 0 saturated carbocycles. The summed E-state index contributed by atoms with van der Waals surface area (Å²) in [5.74, 6) is -1.92. The summed E-state index contributed by atoms with van der Waals surface area (Å²) < 4.78 is 17.1. The molecule has 6 nitrogen and oxygen atoms in total. The molecule has 92 valence electrons. The van der Waals surface area contributed by atoms with Gasteiger partial charge in [-0.1, -0.05) is 0 Å². The monoisotopic (exact) mass is 243 g/mol. The second-order valence-electron chi connectivity index (χ2n) is 3.16. The van der Waals surface area contributed by atoms with Crippen LogP contribution in [0.15, 0.2) is 12.3 Å². The highest BCUT2D eigenvalue weighted by atomic mass is 19.1. The first-order valence-electron chi connectivity index (χ1n) is 4.55. The third-order valence-corrected chi connectivity index (χ3v) is 2.08. The van der Waals surface area contributed by atoms with E-state index >= 15 is 0 Å². The first-order chi connectivity index (χ1) is 8.01. The Kier molecular flexibility index (Phi) is 4.24. The molecule has 0 spiro atoms. The number of pyridine rings is 1. The van der Waals surface area contributed by atoms with Crippen LogP contribution in [-0.2, 0) is 9.53 Å². The van der Waals surface area contributed by atoms with Crippen molar-refractivity contribution in [1.29, 1.82) is 0 Å². The number of carbonyl (C=O) groups is 2. The smallest absolute Gasteiger partial charge is 0.337 e. The van der Waals surface area contributed by atoms with E-state index in [9.17, 15) is 24.2 Å².